The van der Waals surface area contributed by atoms with Gasteiger partial charge in [-0.1, -0.05) is 6.07 Å². The number of anilines is 1. The fourth-order valence-corrected chi connectivity index (χ4v) is 2.07. The van der Waals surface area contributed by atoms with Crippen LogP contribution in [0.2, 0.25) is 0 Å². The zero-order valence-electron chi connectivity index (χ0n) is 10.2. The highest BCUT2D eigenvalue weighted by Crippen LogP contribution is 2.16. The number of nitrogens with two attached hydrogens (primary N) is 1. The number of aryl methyl sites for hydroxylation is 2. The Morgan fingerprint density at radius 2 is 2.16 bits per heavy atom. The summed E-state index contributed by atoms with van der Waals surface area (Å²) in [6.45, 7) is 0.534. The van der Waals surface area contributed by atoms with Gasteiger partial charge in [0.05, 0.1) is 5.52 Å². The molecule has 0 bridgehead atoms. The molecule has 2 heterocycles. The summed E-state index contributed by atoms with van der Waals surface area (Å²) in [4.78, 5) is 16.0. The third-order valence-electron chi connectivity index (χ3n) is 3.01. The highest BCUT2D eigenvalue weighted by molar-refractivity contribution is 5.76. The van der Waals surface area contributed by atoms with E-state index in [9.17, 15) is 4.79 Å². The minimum absolute atomic E-state index is 0.364. The van der Waals surface area contributed by atoms with Crippen molar-refractivity contribution in [2.75, 3.05) is 5.73 Å². The van der Waals surface area contributed by atoms with Gasteiger partial charge in [-0.25, -0.2) is 4.79 Å². The first kappa shape index (κ1) is 11.5. The second-order valence-electron chi connectivity index (χ2n) is 4.32. The van der Waals surface area contributed by atoms with Crippen LogP contribution in [0.25, 0.3) is 11.1 Å². The highest BCUT2D eigenvalue weighted by atomic mass is 16.4. The fraction of sp³-hybridized carbons (Fsp3) is 0.143. The Hall–Kier alpha value is -2.56. The van der Waals surface area contributed by atoms with Gasteiger partial charge in [0.25, 0.3) is 0 Å². The lowest BCUT2D eigenvalue weighted by Gasteiger charge is -2.02. The van der Waals surface area contributed by atoms with Crippen LogP contribution in [0.15, 0.2) is 51.8 Å². The van der Waals surface area contributed by atoms with Crippen molar-refractivity contribution in [3.05, 3.63) is 58.8 Å². The molecule has 0 fully saturated rings. The Kier molecular flexibility index (Phi) is 2.79. The Morgan fingerprint density at radius 1 is 1.26 bits per heavy atom. The molecule has 0 spiro atoms. The van der Waals surface area contributed by atoms with Gasteiger partial charge in [0.2, 0.25) is 0 Å². The number of benzene rings is 1. The van der Waals surface area contributed by atoms with Crippen LogP contribution >= 0.6 is 0 Å². The Balaban J connectivity index is 1.93. The molecule has 3 rings (SSSR count). The molecule has 96 valence electrons. The quantitative estimate of drug-likeness (QED) is 0.724. The first-order valence-corrected chi connectivity index (χ1v) is 6.03. The SMILES string of the molecule is Nc1ccc2c(c1)oc(=O)n2CCc1ccccn1. The van der Waals surface area contributed by atoms with Crippen molar-refractivity contribution in [1.82, 2.24) is 9.55 Å². The molecule has 0 amide bonds. The first-order chi connectivity index (χ1) is 9.24. The molecule has 0 unspecified atom stereocenters. The van der Waals surface area contributed by atoms with Crippen LogP contribution in [-0.4, -0.2) is 9.55 Å². The topological polar surface area (TPSA) is 74.0 Å². The van der Waals surface area contributed by atoms with E-state index in [0.29, 0.717) is 24.2 Å². The molecule has 2 aromatic heterocycles. The van der Waals surface area contributed by atoms with Gasteiger partial charge < -0.3 is 10.2 Å². The Bertz CT molecular complexity index is 759. The lowest BCUT2D eigenvalue weighted by atomic mass is 10.2. The van der Waals surface area contributed by atoms with E-state index in [-0.39, 0.29) is 5.76 Å². The summed E-state index contributed by atoms with van der Waals surface area (Å²) in [6.07, 6.45) is 2.42. The number of nitrogens with zero attached hydrogens (tertiary/aromatic N) is 2. The number of oxazole rings is 1. The van der Waals surface area contributed by atoms with E-state index in [1.807, 2.05) is 18.2 Å². The van der Waals surface area contributed by atoms with E-state index in [1.54, 1.807) is 29.0 Å². The Labute approximate surface area is 109 Å². The van der Waals surface area contributed by atoms with E-state index in [1.165, 1.54) is 0 Å². The second kappa shape index (κ2) is 4.61. The number of aromatic nitrogens is 2. The maximum absolute atomic E-state index is 11.8. The zero-order chi connectivity index (χ0) is 13.2. The number of hydrogen-bond donors (Lipinski definition) is 1. The van der Waals surface area contributed by atoms with Gasteiger partial charge in [-0.2, -0.15) is 0 Å². The average Bonchev–Trinajstić information content (AvgIpc) is 2.72. The molecular weight excluding hydrogens is 242 g/mol. The summed E-state index contributed by atoms with van der Waals surface area (Å²) < 4.78 is 6.78. The third kappa shape index (κ3) is 2.22. The van der Waals surface area contributed by atoms with Crippen molar-refractivity contribution < 1.29 is 4.42 Å². The molecule has 0 aliphatic rings. The molecule has 2 N–H and O–H groups in total. The van der Waals surface area contributed by atoms with Crippen LogP contribution in [0.4, 0.5) is 5.69 Å². The van der Waals surface area contributed by atoms with Gasteiger partial charge in [0.1, 0.15) is 0 Å². The van der Waals surface area contributed by atoms with E-state index in [0.717, 1.165) is 11.2 Å². The number of pyridine rings is 1. The smallest absolute Gasteiger partial charge is 0.408 e. The largest absolute Gasteiger partial charge is 0.419 e. The predicted molar refractivity (Wildman–Crippen MR) is 72.8 cm³/mol. The molecule has 0 aliphatic carbocycles. The maximum atomic E-state index is 11.8. The number of nitrogen functional groups attached to an aromatic ring is 1. The zero-order valence-corrected chi connectivity index (χ0v) is 10.2. The van der Waals surface area contributed by atoms with Crippen molar-refractivity contribution in [3.63, 3.8) is 0 Å². The van der Waals surface area contributed by atoms with Crippen LogP contribution in [0, 0.1) is 0 Å². The lowest BCUT2D eigenvalue weighted by Crippen LogP contribution is -2.15. The van der Waals surface area contributed by atoms with Crippen molar-refractivity contribution in [2.45, 2.75) is 13.0 Å². The normalized spacial score (nSPS) is 10.9. The Morgan fingerprint density at radius 3 is 2.95 bits per heavy atom. The van der Waals surface area contributed by atoms with Gasteiger partial charge in [-0.05, 0) is 24.3 Å². The maximum Gasteiger partial charge on any atom is 0.419 e. The van der Waals surface area contributed by atoms with Gasteiger partial charge >= 0.3 is 5.76 Å². The predicted octanol–water partition coefficient (Wildman–Crippen LogP) is 1.81. The first-order valence-electron chi connectivity index (χ1n) is 6.03. The highest BCUT2D eigenvalue weighted by Gasteiger charge is 2.09. The van der Waals surface area contributed by atoms with Crippen LogP contribution in [0.3, 0.4) is 0 Å². The van der Waals surface area contributed by atoms with Gasteiger partial charge in [-0.3, -0.25) is 9.55 Å². The molecule has 0 aliphatic heterocycles. The minimum atomic E-state index is -0.364. The van der Waals surface area contributed by atoms with E-state index < -0.39 is 0 Å². The molecular formula is C14H13N3O2. The molecule has 3 aromatic rings. The van der Waals surface area contributed by atoms with Crippen LogP contribution in [0.5, 0.6) is 0 Å². The summed E-state index contributed by atoms with van der Waals surface area (Å²) in [5.41, 5.74) is 8.47. The molecule has 0 atom stereocenters. The fourth-order valence-electron chi connectivity index (χ4n) is 2.07. The van der Waals surface area contributed by atoms with Gasteiger partial charge in [-0.15, -0.1) is 0 Å². The standard InChI is InChI=1S/C14H13N3O2/c15-10-4-5-12-13(9-10)19-14(18)17(12)8-6-11-3-1-2-7-16-11/h1-5,7,9H,6,8,15H2. The molecule has 1 aromatic carbocycles. The van der Waals surface area contributed by atoms with E-state index in [4.69, 9.17) is 10.2 Å². The van der Waals surface area contributed by atoms with Crippen LogP contribution in [0.1, 0.15) is 5.69 Å². The molecule has 19 heavy (non-hydrogen) atoms. The monoisotopic (exact) mass is 255 g/mol. The molecule has 5 heteroatoms. The summed E-state index contributed by atoms with van der Waals surface area (Å²) in [6, 6.07) is 11.0. The third-order valence-corrected chi connectivity index (χ3v) is 3.01. The van der Waals surface area contributed by atoms with E-state index in [2.05, 4.69) is 4.98 Å². The van der Waals surface area contributed by atoms with Gasteiger partial charge in [0, 0.05) is 36.6 Å². The number of hydrogen-bond acceptors (Lipinski definition) is 4. The van der Waals surface area contributed by atoms with Crippen LogP contribution in [-0.2, 0) is 13.0 Å². The summed E-state index contributed by atoms with van der Waals surface area (Å²) in [5.74, 6) is -0.364. The summed E-state index contributed by atoms with van der Waals surface area (Å²) >= 11 is 0. The lowest BCUT2D eigenvalue weighted by molar-refractivity contribution is 0.504. The number of rotatable bonds is 3. The van der Waals surface area contributed by atoms with Crippen LogP contribution < -0.4 is 11.5 Å². The molecule has 0 radical (unpaired) electrons. The van der Waals surface area contributed by atoms with Gasteiger partial charge in [0.15, 0.2) is 5.58 Å². The molecule has 5 nitrogen and oxygen atoms in total. The minimum Gasteiger partial charge on any atom is -0.408 e. The molecule has 0 saturated carbocycles. The number of fused-ring (bicyclic) bond motifs is 1. The van der Waals surface area contributed by atoms with E-state index >= 15 is 0 Å². The molecule has 0 saturated heterocycles. The van der Waals surface area contributed by atoms with Crippen molar-refractivity contribution in [1.29, 1.82) is 0 Å². The summed E-state index contributed by atoms with van der Waals surface area (Å²) in [5, 5.41) is 0. The average molecular weight is 255 g/mol. The van der Waals surface area contributed by atoms with Crippen molar-refractivity contribution in [3.8, 4) is 0 Å². The second-order valence-corrected chi connectivity index (χ2v) is 4.32. The van der Waals surface area contributed by atoms with Crippen molar-refractivity contribution >= 4 is 16.8 Å². The summed E-state index contributed by atoms with van der Waals surface area (Å²) in [7, 11) is 0. The van der Waals surface area contributed by atoms with Crippen molar-refractivity contribution in [2.24, 2.45) is 0 Å².